The van der Waals surface area contributed by atoms with Crippen LogP contribution in [0, 0.1) is 0 Å². The summed E-state index contributed by atoms with van der Waals surface area (Å²) in [4.78, 5) is 39.6. The number of carbonyl (C=O) groups excluding carboxylic acids is 3. The van der Waals surface area contributed by atoms with Crippen molar-refractivity contribution in [2.75, 3.05) is 11.9 Å². The second-order valence-corrected chi connectivity index (χ2v) is 6.27. The van der Waals surface area contributed by atoms with Crippen LogP contribution in [0.15, 0.2) is 30.5 Å². The van der Waals surface area contributed by atoms with Gasteiger partial charge in [0, 0.05) is 17.4 Å². The number of esters is 1. The first-order chi connectivity index (χ1) is 11.9. The molecule has 0 fully saturated rings. The number of anilines is 1. The molecule has 3 rings (SSSR count). The number of benzene rings is 1. The van der Waals surface area contributed by atoms with E-state index in [0.29, 0.717) is 11.3 Å². The van der Waals surface area contributed by atoms with Crippen molar-refractivity contribution in [2.24, 2.45) is 0 Å². The van der Waals surface area contributed by atoms with Crippen LogP contribution in [-0.2, 0) is 9.53 Å². The molecule has 2 heterocycles. The molecule has 0 aliphatic carbocycles. The van der Waals surface area contributed by atoms with Gasteiger partial charge in [0.1, 0.15) is 5.15 Å². The molecule has 0 saturated heterocycles. The minimum absolute atomic E-state index is 0.0738. The Morgan fingerprint density at radius 2 is 2.00 bits per heavy atom. The van der Waals surface area contributed by atoms with Crippen LogP contribution in [0.1, 0.15) is 39.1 Å². The average molecular weight is 379 g/mol. The van der Waals surface area contributed by atoms with Crippen molar-refractivity contribution in [1.82, 2.24) is 4.98 Å². The van der Waals surface area contributed by atoms with Crippen molar-refractivity contribution in [2.45, 2.75) is 12.8 Å². The summed E-state index contributed by atoms with van der Waals surface area (Å²) in [6, 6.07) is 6.19. The van der Waals surface area contributed by atoms with Crippen LogP contribution in [0.4, 0.5) is 5.69 Å². The molecule has 1 aliphatic heterocycles. The molecule has 0 saturated carbocycles. The van der Waals surface area contributed by atoms with Gasteiger partial charge in [-0.05, 0) is 36.8 Å². The fourth-order valence-corrected chi connectivity index (χ4v) is 2.69. The molecule has 0 radical (unpaired) electrons. The van der Waals surface area contributed by atoms with Crippen LogP contribution in [0.5, 0.6) is 0 Å². The fraction of sp³-hybridized carbons (Fsp3) is 0.176. The number of pyridine rings is 1. The van der Waals surface area contributed by atoms with E-state index in [4.69, 9.17) is 27.9 Å². The fourth-order valence-electron chi connectivity index (χ4n) is 2.42. The summed E-state index contributed by atoms with van der Waals surface area (Å²) in [5.41, 5.74) is 1.89. The number of carbonyl (C=O) groups is 3. The number of rotatable bonds is 4. The Hall–Kier alpha value is -2.44. The number of nitrogens with zero attached hydrogens (tertiary/aromatic N) is 1. The highest BCUT2D eigenvalue weighted by Gasteiger charge is 2.27. The van der Waals surface area contributed by atoms with Gasteiger partial charge in [-0.2, -0.15) is 0 Å². The number of nitrogens with one attached hydrogen (secondary N) is 1. The minimum atomic E-state index is -0.731. The van der Waals surface area contributed by atoms with E-state index in [2.05, 4.69) is 10.3 Å². The molecule has 128 valence electrons. The van der Waals surface area contributed by atoms with E-state index in [-0.39, 0.29) is 33.3 Å². The van der Waals surface area contributed by atoms with Gasteiger partial charge in [0.25, 0.3) is 0 Å². The maximum atomic E-state index is 12.2. The number of ether oxygens (including phenoxy) is 1. The van der Waals surface area contributed by atoms with E-state index >= 15 is 0 Å². The Morgan fingerprint density at radius 1 is 1.24 bits per heavy atom. The van der Waals surface area contributed by atoms with Crippen LogP contribution in [0.3, 0.4) is 0 Å². The van der Waals surface area contributed by atoms with Gasteiger partial charge in [0.2, 0.25) is 5.91 Å². The molecule has 1 aromatic heterocycles. The highest BCUT2D eigenvalue weighted by atomic mass is 35.5. The zero-order valence-electron chi connectivity index (χ0n) is 13.0. The van der Waals surface area contributed by atoms with Crippen LogP contribution >= 0.6 is 23.2 Å². The number of fused-ring (bicyclic) bond motifs is 1. The normalized spacial score (nSPS) is 15.5. The molecule has 1 atom stereocenters. The lowest BCUT2D eigenvalue weighted by Gasteiger charge is -2.07. The Balaban J connectivity index is 1.68. The predicted molar refractivity (Wildman–Crippen MR) is 92.4 cm³/mol. The number of hydrogen-bond acceptors (Lipinski definition) is 5. The van der Waals surface area contributed by atoms with Crippen molar-refractivity contribution in [1.29, 1.82) is 0 Å². The summed E-state index contributed by atoms with van der Waals surface area (Å²) in [7, 11) is 0. The first-order valence-electron chi connectivity index (χ1n) is 7.33. The topological polar surface area (TPSA) is 85.4 Å². The summed E-state index contributed by atoms with van der Waals surface area (Å²) in [5.74, 6) is -1.55. The lowest BCUT2D eigenvalue weighted by atomic mass is 9.99. The Morgan fingerprint density at radius 3 is 2.72 bits per heavy atom. The van der Waals surface area contributed by atoms with E-state index in [0.717, 1.165) is 5.56 Å². The van der Waals surface area contributed by atoms with Crippen molar-refractivity contribution in [3.63, 3.8) is 0 Å². The number of ketones is 1. The highest BCUT2D eigenvalue weighted by molar-refractivity contribution is 6.41. The second-order valence-electron chi connectivity index (χ2n) is 5.51. The standard InChI is InChI=1S/C17H12Cl2N2O4/c1-8-11-4-9(2-3-13(11)21-16(8)23)14(22)7-25-17(24)10-5-12(18)15(19)20-6-10/h2-6,8H,7H2,1H3,(H,21,23)/t8-/m1/s1. The molecule has 1 N–H and O–H groups in total. The van der Waals surface area contributed by atoms with Gasteiger partial charge < -0.3 is 10.1 Å². The predicted octanol–water partition coefficient (Wildman–Crippen LogP) is 3.48. The van der Waals surface area contributed by atoms with Crippen LogP contribution in [-0.4, -0.2) is 29.3 Å². The minimum Gasteiger partial charge on any atom is -0.454 e. The lowest BCUT2D eigenvalue weighted by molar-refractivity contribution is -0.116. The SMILES string of the molecule is C[C@H]1C(=O)Nc2ccc(C(=O)COC(=O)c3cnc(Cl)c(Cl)c3)cc21. The average Bonchev–Trinajstić information content (AvgIpc) is 2.88. The van der Waals surface area contributed by atoms with Crippen molar-refractivity contribution in [3.05, 3.63) is 57.3 Å². The van der Waals surface area contributed by atoms with Gasteiger partial charge in [-0.3, -0.25) is 9.59 Å². The zero-order valence-corrected chi connectivity index (χ0v) is 14.5. The first kappa shape index (κ1) is 17.4. The molecule has 25 heavy (non-hydrogen) atoms. The first-order valence-corrected chi connectivity index (χ1v) is 8.08. The number of hydrogen-bond donors (Lipinski definition) is 1. The van der Waals surface area contributed by atoms with Gasteiger partial charge in [-0.25, -0.2) is 9.78 Å². The van der Waals surface area contributed by atoms with Crippen molar-refractivity contribution >= 4 is 46.5 Å². The summed E-state index contributed by atoms with van der Waals surface area (Å²) < 4.78 is 4.99. The number of aromatic nitrogens is 1. The Bertz CT molecular complexity index is 898. The zero-order chi connectivity index (χ0) is 18.1. The molecule has 1 aromatic carbocycles. The molecular weight excluding hydrogens is 367 g/mol. The third kappa shape index (κ3) is 3.50. The van der Waals surface area contributed by atoms with E-state index in [1.54, 1.807) is 25.1 Å². The smallest absolute Gasteiger partial charge is 0.340 e. The summed E-state index contributed by atoms with van der Waals surface area (Å²) in [6.45, 7) is 1.32. The molecule has 6 nitrogen and oxygen atoms in total. The quantitative estimate of drug-likeness (QED) is 0.499. The molecule has 1 amide bonds. The Kier molecular flexibility index (Phi) is 4.74. The summed E-state index contributed by atoms with van der Waals surface area (Å²) in [6.07, 6.45) is 1.22. The monoisotopic (exact) mass is 378 g/mol. The van der Waals surface area contributed by atoms with E-state index in [1.807, 2.05) is 0 Å². The van der Waals surface area contributed by atoms with Gasteiger partial charge in [0.05, 0.1) is 16.5 Å². The van der Waals surface area contributed by atoms with E-state index in [1.165, 1.54) is 12.3 Å². The van der Waals surface area contributed by atoms with Gasteiger partial charge in [-0.1, -0.05) is 23.2 Å². The molecule has 2 aromatic rings. The molecule has 1 aliphatic rings. The third-order valence-corrected chi connectivity index (χ3v) is 4.54. The third-order valence-electron chi connectivity index (χ3n) is 3.86. The molecule has 0 spiro atoms. The van der Waals surface area contributed by atoms with Crippen molar-refractivity contribution in [3.8, 4) is 0 Å². The highest BCUT2D eigenvalue weighted by Crippen LogP contribution is 2.32. The molecule has 0 bridgehead atoms. The number of halogens is 2. The largest absolute Gasteiger partial charge is 0.454 e. The van der Waals surface area contributed by atoms with Gasteiger partial charge >= 0.3 is 5.97 Å². The summed E-state index contributed by atoms with van der Waals surface area (Å²) in [5, 5.41) is 2.92. The molecular formula is C17H12Cl2N2O4. The van der Waals surface area contributed by atoms with Crippen LogP contribution in [0.25, 0.3) is 0 Å². The van der Waals surface area contributed by atoms with E-state index in [9.17, 15) is 14.4 Å². The molecule has 0 unspecified atom stereocenters. The number of Topliss-reactive ketones (excluding diaryl/α,β-unsaturated/α-hetero) is 1. The number of amides is 1. The Labute approximate surface area is 153 Å². The maximum Gasteiger partial charge on any atom is 0.340 e. The van der Waals surface area contributed by atoms with Crippen LogP contribution in [0.2, 0.25) is 10.2 Å². The maximum absolute atomic E-state index is 12.2. The second kappa shape index (κ2) is 6.82. The van der Waals surface area contributed by atoms with Crippen molar-refractivity contribution < 1.29 is 19.1 Å². The van der Waals surface area contributed by atoms with E-state index < -0.39 is 12.6 Å². The molecule has 8 heteroatoms. The van der Waals surface area contributed by atoms with Crippen LogP contribution < -0.4 is 5.32 Å². The van der Waals surface area contributed by atoms with Gasteiger partial charge in [-0.15, -0.1) is 0 Å². The summed E-state index contributed by atoms with van der Waals surface area (Å²) >= 11 is 11.5. The van der Waals surface area contributed by atoms with Gasteiger partial charge in [0.15, 0.2) is 12.4 Å². The lowest BCUT2D eigenvalue weighted by Crippen LogP contribution is -2.14.